The summed E-state index contributed by atoms with van der Waals surface area (Å²) in [5.74, 6) is -0.434. The van der Waals surface area contributed by atoms with Crippen molar-refractivity contribution in [2.45, 2.75) is 24.2 Å². The Labute approximate surface area is 183 Å². The number of imidazole rings is 1. The molecule has 0 aliphatic rings. The minimum Gasteiger partial charge on any atom is -0.386 e. The molecule has 2 aromatic heterocycles. The number of alkyl halides is 6. The highest BCUT2D eigenvalue weighted by Crippen LogP contribution is 2.32. The van der Waals surface area contributed by atoms with Crippen LogP contribution < -0.4 is 0 Å². The van der Waals surface area contributed by atoms with Crippen molar-refractivity contribution in [3.05, 3.63) is 34.7 Å². The Hall–Kier alpha value is -2.61. The van der Waals surface area contributed by atoms with Crippen LogP contribution in [0, 0.1) is 0 Å². The molecule has 0 saturated heterocycles. The van der Waals surface area contributed by atoms with Gasteiger partial charge < -0.3 is 9.40 Å². The zero-order valence-corrected chi connectivity index (χ0v) is 17.9. The van der Waals surface area contributed by atoms with E-state index in [0.717, 1.165) is 29.2 Å². The molecule has 0 aromatic carbocycles. The molecule has 2 aromatic rings. The highest BCUT2D eigenvalue weighted by atomic mass is 35.5. The number of hydrogen-bond donors (Lipinski definition) is 0. The highest BCUT2D eigenvalue weighted by Gasteiger charge is 2.33. The number of nitrogens with zero attached hydrogens (tertiary/aromatic N) is 4. The van der Waals surface area contributed by atoms with Gasteiger partial charge >= 0.3 is 12.4 Å². The molecule has 0 saturated carbocycles. The van der Waals surface area contributed by atoms with Gasteiger partial charge in [-0.3, -0.25) is 4.98 Å². The average molecular weight is 505 g/mol. The fourth-order valence-electron chi connectivity index (χ4n) is 2.29. The molecule has 0 fully saturated rings. The van der Waals surface area contributed by atoms with E-state index in [1.807, 2.05) is 0 Å². The van der Waals surface area contributed by atoms with Crippen molar-refractivity contribution in [1.82, 2.24) is 14.5 Å². The van der Waals surface area contributed by atoms with Gasteiger partial charge in [0.15, 0.2) is 15.7 Å². The average Bonchev–Trinajstić information content (AvgIpc) is 3.04. The van der Waals surface area contributed by atoms with E-state index in [1.165, 1.54) is 14.0 Å². The number of aromatic nitrogens is 3. The molecule has 0 aliphatic heterocycles. The van der Waals surface area contributed by atoms with Gasteiger partial charge in [-0.15, -0.1) is 0 Å². The van der Waals surface area contributed by atoms with Crippen LogP contribution in [0.25, 0.3) is 17.6 Å². The largest absolute Gasteiger partial charge is 0.427 e. The summed E-state index contributed by atoms with van der Waals surface area (Å²) in [6, 6.07) is 1.09. The summed E-state index contributed by atoms with van der Waals surface area (Å²) >= 11 is 5.24. The highest BCUT2D eigenvalue weighted by molar-refractivity contribution is 7.91. The second-order valence-electron chi connectivity index (χ2n) is 6.20. The Kier molecular flexibility index (Phi) is 7.60. The molecule has 0 radical (unpaired) electrons. The van der Waals surface area contributed by atoms with Crippen molar-refractivity contribution in [3.63, 3.8) is 0 Å². The summed E-state index contributed by atoms with van der Waals surface area (Å²) in [6.45, 7) is -0.290. The van der Waals surface area contributed by atoms with Crippen LogP contribution in [-0.4, -0.2) is 53.9 Å². The Morgan fingerprint density at radius 3 is 2.44 bits per heavy atom. The van der Waals surface area contributed by atoms with Crippen LogP contribution in [0.15, 0.2) is 33.5 Å². The maximum absolute atomic E-state index is 12.7. The minimum atomic E-state index is -4.78. The van der Waals surface area contributed by atoms with E-state index in [1.54, 1.807) is 0 Å². The van der Waals surface area contributed by atoms with Gasteiger partial charge in [-0.25, -0.2) is 13.4 Å². The second kappa shape index (κ2) is 9.48. The predicted molar refractivity (Wildman–Crippen MR) is 104 cm³/mol. The van der Waals surface area contributed by atoms with Gasteiger partial charge in [0.05, 0.1) is 28.8 Å². The molecule has 0 amide bonds. The molecule has 2 heterocycles. The van der Waals surface area contributed by atoms with Crippen molar-refractivity contribution < 1.29 is 39.6 Å². The molecular formula is C17H15ClF6N4O3S. The van der Waals surface area contributed by atoms with E-state index in [-0.39, 0.29) is 33.4 Å². The molecule has 7 nitrogen and oxygen atoms in total. The van der Waals surface area contributed by atoms with Crippen LogP contribution in [0.3, 0.4) is 0 Å². The molecule has 32 heavy (non-hydrogen) atoms. The summed E-state index contributed by atoms with van der Waals surface area (Å²) in [6.07, 6.45) is -5.78. The third-order valence-electron chi connectivity index (χ3n) is 3.87. The van der Waals surface area contributed by atoms with E-state index in [9.17, 15) is 34.8 Å². The standard InChI is InChI=1S/C17H15ClF6N4O3S/c1-3-32(29,30)12-4-10(7-27-31-9-16(19,20)21)6-25-14(12)15-26-8-11(28(15)2)5-13(18)17(22,23)24/h4-8H,3,9H2,1-2H3/b13-5?,27-7+. The quantitative estimate of drug-likeness (QED) is 0.318. The normalized spacial score (nSPS) is 13.7. The topological polar surface area (TPSA) is 86.4 Å². The first-order chi connectivity index (χ1) is 14.7. The third kappa shape index (κ3) is 6.45. The first kappa shape index (κ1) is 25.6. The summed E-state index contributed by atoms with van der Waals surface area (Å²) in [7, 11) is -2.59. The molecule has 0 bridgehead atoms. The number of rotatable bonds is 7. The number of hydrogen-bond acceptors (Lipinski definition) is 6. The molecule has 0 unspecified atom stereocenters. The zero-order valence-electron chi connectivity index (χ0n) is 16.4. The SMILES string of the molecule is CCS(=O)(=O)c1cc(/C=N/OCC(F)(F)F)cnc1-c1ncc(C=C(Cl)C(F)(F)F)n1C. The van der Waals surface area contributed by atoms with E-state index < -0.39 is 33.8 Å². The number of sulfone groups is 1. The molecule has 2 rings (SSSR count). The van der Waals surface area contributed by atoms with Crippen molar-refractivity contribution in [2.75, 3.05) is 12.4 Å². The van der Waals surface area contributed by atoms with E-state index >= 15 is 0 Å². The molecule has 176 valence electrons. The Morgan fingerprint density at radius 1 is 1.22 bits per heavy atom. The number of oxime groups is 1. The van der Waals surface area contributed by atoms with Crippen LogP contribution in [0.2, 0.25) is 0 Å². The number of halogens is 7. The van der Waals surface area contributed by atoms with Crippen LogP contribution >= 0.6 is 11.6 Å². The smallest absolute Gasteiger partial charge is 0.386 e. The fourth-order valence-corrected chi connectivity index (χ4v) is 3.46. The maximum Gasteiger partial charge on any atom is 0.427 e. The first-order valence-electron chi connectivity index (χ1n) is 8.57. The monoisotopic (exact) mass is 504 g/mol. The molecule has 0 spiro atoms. The van der Waals surface area contributed by atoms with Gasteiger partial charge in [-0.2, -0.15) is 26.3 Å². The van der Waals surface area contributed by atoms with E-state index in [0.29, 0.717) is 6.08 Å². The van der Waals surface area contributed by atoms with Gasteiger partial charge in [-0.1, -0.05) is 23.7 Å². The van der Waals surface area contributed by atoms with Gasteiger partial charge in [0.25, 0.3) is 0 Å². The number of pyridine rings is 1. The molecule has 0 atom stereocenters. The molecule has 0 aliphatic carbocycles. The lowest BCUT2D eigenvalue weighted by Crippen LogP contribution is -2.15. The number of allylic oxidation sites excluding steroid dienone is 1. The predicted octanol–water partition coefficient (Wildman–Crippen LogP) is 4.33. The lowest BCUT2D eigenvalue weighted by molar-refractivity contribution is -0.173. The Bertz CT molecular complexity index is 1140. The molecule has 15 heteroatoms. The van der Waals surface area contributed by atoms with Crippen LogP contribution in [0.1, 0.15) is 18.2 Å². The molecule has 0 N–H and O–H groups in total. The minimum absolute atomic E-state index is 0.0115. The summed E-state index contributed by atoms with van der Waals surface area (Å²) in [4.78, 5) is 11.7. The van der Waals surface area contributed by atoms with Gasteiger partial charge in [0, 0.05) is 18.8 Å². The van der Waals surface area contributed by atoms with Gasteiger partial charge in [-0.05, 0) is 12.1 Å². The Balaban J connectivity index is 2.50. The summed E-state index contributed by atoms with van der Waals surface area (Å²) < 4.78 is 101. The van der Waals surface area contributed by atoms with Crippen molar-refractivity contribution in [2.24, 2.45) is 12.2 Å². The second-order valence-corrected chi connectivity index (χ2v) is 8.85. The van der Waals surface area contributed by atoms with E-state index in [4.69, 9.17) is 11.6 Å². The maximum atomic E-state index is 12.7. The zero-order chi connectivity index (χ0) is 24.3. The lowest BCUT2D eigenvalue weighted by atomic mass is 10.2. The molecular weight excluding hydrogens is 490 g/mol. The first-order valence-corrected chi connectivity index (χ1v) is 10.6. The summed E-state index contributed by atoms with van der Waals surface area (Å²) in [5.41, 5.74) is -0.238. The van der Waals surface area contributed by atoms with Crippen molar-refractivity contribution >= 4 is 33.7 Å². The van der Waals surface area contributed by atoms with Gasteiger partial charge in [0.2, 0.25) is 6.61 Å². The van der Waals surface area contributed by atoms with Crippen LogP contribution in [0.4, 0.5) is 26.3 Å². The van der Waals surface area contributed by atoms with Gasteiger partial charge in [0.1, 0.15) is 10.7 Å². The van der Waals surface area contributed by atoms with Crippen molar-refractivity contribution in [1.29, 1.82) is 0 Å². The van der Waals surface area contributed by atoms with E-state index in [2.05, 4.69) is 20.0 Å². The van der Waals surface area contributed by atoms with Crippen LogP contribution in [-0.2, 0) is 21.7 Å². The van der Waals surface area contributed by atoms with Crippen LogP contribution in [0.5, 0.6) is 0 Å². The lowest BCUT2D eigenvalue weighted by Gasteiger charge is -2.10. The fraction of sp³-hybridized carbons (Fsp3) is 0.353. The Morgan fingerprint density at radius 2 is 1.88 bits per heavy atom. The summed E-state index contributed by atoms with van der Waals surface area (Å²) in [5, 5.41) is 1.72. The van der Waals surface area contributed by atoms with Crippen molar-refractivity contribution in [3.8, 4) is 11.5 Å². The third-order valence-corrected chi connectivity index (χ3v) is 5.94.